The zero-order valence-electron chi connectivity index (χ0n) is 18.8. The van der Waals surface area contributed by atoms with E-state index in [1.54, 1.807) is 23.9 Å². The number of amides is 1. The highest BCUT2D eigenvalue weighted by Gasteiger charge is 2.36. The van der Waals surface area contributed by atoms with Crippen LogP contribution in [0.3, 0.4) is 0 Å². The SMILES string of the molecule is O=C([C@H]1CC[C@H](NS(=O)(=O)c2ccc(C(F)(F)F)cc2)CC1)N1CCSCC1c1ccc(F)cc1. The van der Waals surface area contributed by atoms with Crippen molar-refractivity contribution in [2.45, 2.75) is 48.8 Å². The summed E-state index contributed by atoms with van der Waals surface area (Å²) >= 11 is 1.75. The van der Waals surface area contributed by atoms with Gasteiger partial charge in [-0.2, -0.15) is 24.9 Å². The van der Waals surface area contributed by atoms with Gasteiger partial charge in [0.1, 0.15) is 5.82 Å². The number of nitrogens with one attached hydrogen (secondary N) is 1. The number of thioether (sulfide) groups is 1. The molecule has 1 N–H and O–H groups in total. The van der Waals surface area contributed by atoms with Crippen LogP contribution < -0.4 is 4.72 Å². The highest BCUT2D eigenvalue weighted by Crippen LogP contribution is 2.35. The summed E-state index contributed by atoms with van der Waals surface area (Å²) in [4.78, 5) is 15.0. The second-order valence-electron chi connectivity index (χ2n) is 8.87. The van der Waals surface area contributed by atoms with Gasteiger partial charge in [-0.1, -0.05) is 12.1 Å². The van der Waals surface area contributed by atoms with Gasteiger partial charge in [0.05, 0.1) is 16.5 Å². The molecule has 4 rings (SSSR count). The molecule has 1 aliphatic heterocycles. The molecule has 0 aromatic heterocycles. The van der Waals surface area contributed by atoms with Crippen LogP contribution in [0.5, 0.6) is 0 Å². The van der Waals surface area contributed by atoms with Gasteiger partial charge in [0, 0.05) is 30.0 Å². The van der Waals surface area contributed by atoms with Crippen molar-refractivity contribution < 1.29 is 30.8 Å². The first-order valence-corrected chi connectivity index (χ1v) is 14.0. The van der Waals surface area contributed by atoms with E-state index in [1.807, 2.05) is 4.90 Å². The Labute approximate surface area is 206 Å². The standard InChI is InChI=1S/C24H26F4N2O3S2/c25-19-7-1-16(2-8-19)22-15-34-14-13-30(22)23(31)17-3-9-20(10-4-17)29-35(32,33)21-11-5-18(6-12-21)24(26,27)28/h1-2,5-8,11-12,17,20,22,29H,3-4,9-10,13-15H2/t17-,20-,22?. The average molecular weight is 531 g/mol. The fourth-order valence-electron chi connectivity index (χ4n) is 4.63. The second kappa shape index (κ2) is 10.5. The topological polar surface area (TPSA) is 66.5 Å². The van der Waals surface area contributed by atoms with Crippen LogP contribution in [0.25, 0.3) is 0 Å². The molecule has 35 heavy (non-hydrogen) atoms. The van der Waals surface area contributed by atoms with Crippen molar-refractivity contribution in [2.24, 2.45) is 5.92 Å². The van der Waals surface area contributed by atoms with Crippen LogP contribution in [0, 0.1) is 11.7 Å². The van der Waals surface area contributed by atoms with E-state index < -0.39 is 27.8 Å². The zero-order valence-corrected chi connectivity index (χ0v) is 20.4. The van der Waals surface area contributed by atoms with Gasteiger partial charge in [0.2, 0.25) is 15.9 Å². The number of rotatable bonds is 5. The van der Waals surface area contributed by atoms with Crippen LogP contribution in [0.2, 0.25) is 0 Å². The number of halogens is 4. The van der Waals surface area contributed by atoms with Crippen molar-refractivity contribution in [3.63, 3.8) is 0 Å². The van der Waals surface area contributed by atoms with Gasteiger partial charge in [-0.15, -0.1) is 0 Å². The van der Waals surface area contributed by atoms with Crippen LogP contribution in [-0.2, 0) is 21.0 Å². The van der Waals surface area contributed by atoms with Crippen molar-refractivity contribution in [3.8, 4) is 0 Å². The summed E-state index contributed by atoms with van der Waals surface area (Å²) in [5.74, 6) is 1.04. The van der Waals surface area contributed by atoms with Crippen LogP contribution in [0.15, 0.2) is 53.4 Å². The Morgan fingerprint density at radius 3 is 2.20 bits per heavy atom. The van der Waals surface area contributed by atoms with E-state index >= 15 is 0 Å². The summed E-state index contributed by atoms with van der Waals surface area (Å²) in [6.07, 6.45) is -2.60. The molecule has 0 bridgehead atoms. The van der Waals surface area contributed by atoms with E-state index in [0.29, 0.717) is 32.2 Å². The number of nitrogens with zero attached hydrogens (tertiary/aromatic N) is 1. The van der Waals surface area contributed by atoms with E-state index in [4.69, 9.17) is 0 Å². The van der Waals surface area contributed by atoms with Crippen LogP contribution in [0.4, 0.5) is 17.6 Å². The number of carbonyl (C=O) groups is 1. The molecule has 2 aromatic carbocycles. The molecule has 1 aliphatic carbocycles. The fourth-order valence-corrected chi connectivity index (χ4v) is 7.02. The molecule has 2 fully saturated rings. The smallest absolute Gasteiger partial charge is 0.334 e. The molecule has 2 aliphatic rings. The van der Waals surface area contributed by atoms with Gasteiger partial charge >= 0.3 is 6.18 Å². The molecule has 11 heteroatoms. The number of alkyl halides is 3. The van der Waals surface area contributed by atoms with Crippen molar-refractivity contribution in [3.05, 3.63) is 65.5 Å². The summed E-state index contributed by atoms with van der Waals surface area (Å²) in [7, 11) is -3.97. The van der Waals surface area contributed by atoms with E-state index in [-0.39, 0.29) is 28.6 Å². The lowest BCUT2D eigenvalue weighted by atomic mass is 9.85. The van der Waals surface area contributed by atoms with E-state index in [2.05, 4.69) is 4.72 Å². The van der Waals surface area contributed by atoms with Crippen molar-refractivity contribution in [2.75, 3.05) is 18.1 Å². The number of sulfonamides is 1. The summed E-state index contributed by atoms with van der Waals surface area (Å²) in [5.41, 5.74) is -0.0181. The minimum atomic E-state index is -4.54. The molecule has 1 saturated carbocycles. The maximum absolute atomic E-state index is 13.3. The van der Waals surface area contributed by atoms with Crippen molar-refractivity contribution >= 4 is 27.7 Å². The summed E-state index contributed by atoms with van der Waals surface area (Å²) in [5, 5.41) is 0. The Balaban J connectivity index is 1.36. The summed E-state index contributed by atoms with van der Waals surface area (Å²) in [6, 6.07) is 9.08. The lowest BCUT2D eigenvalue weighted by Crippen LogP contribution is -2.46. The number of hydrogen-bond donors (Lipinski definition) is 1. The van der Waals surface area contributed by atoms with E-state index in [0.717, 1.165) is 41.3 Å². The summed E-state index contributed by atoms with van der Waals surface area (Å²) in [6.45, 7) is 0.603. The quantitative estimate of drug-likeness (QED) is 0.553. The predicted molar refractivity (Wildman–Crippen MR) is 126 cm³/mol. The molecule has 2 aromatic rings. The third-order valence-corrected chi connectivity index (χ3v) is 9.12. The zero-order chi connectivity index (χ0) is 25.2. The molecular weight excluding hydrogens is 504 g/mol. The Kier molecular flexibility index (Phi) is 7.77. The first-order valence-electron chi connectivity index (χ1n) is 11.4. The molecule has 1 heterocycles. The minimum absolute atomic E-state index is 0.0312. The predicted octanol–water partition coefficient (Wildman–Crippen LogP) is 5.00. The molecule has 1 amide bonds. The summed E-state index contributed by atoms with van der Waals surface area (Å²) < 4.78 is 79.5. The third kappa shape index (κ3) is 6.18. The molecule has 0 radical (unpaired) electrons. The van der Waals surface area contributed by atoms with Crippen LogP contribution in [0.1, 0.15) is 42.9 Å². The van der Waals surface area contributed by atoms with Gasteiger partial charge in [0.25, 0.3) is 0 Å². The number of benzene rings is 2. The fraction of sp³-hybridized carbons (Fsp3) is 0.458. The van der Waals surface area contributed by atoms with Crippen LogP contribution >= 0.6 is 11.8 Å². The van der Waals surface area contributed by atoms with Gasteiger partial charge in [-0.3, -0.25) is 4.79 Å². The maximum atomic E-state index is 13.3. The maximum Gasteiger partial charge on any atom is 0.416 e. The van der Waals surface area contributed by atoms with Crippen molar-refractivity contribution in [1.82, 2.24) is 9.62 Å². The molecule has 5 nitrogen and oxygen atoms in total. The first kappa shape index (κ1) is 26.0. The van der Waals surface area contributed by atoms with Gasteiger partial charge in [0.15, 0.2) is 0 Å². The number of carbonyl (C=O) groups excluding carboxylic acids is 1. The Morgan fingerprint density at radius 1 is 0.971 bits per heavy atom. The van der Waals surface area contributed by atoms with Crippen LogP contribution in [-0.4, -0.2) is 43.3 Å². The normalized spacial score (nSPS) is 23.8. The molecule has 1 unspecified atom stereocenters. The lowest BCUT2D eigenvalue weighted by molar-refractivity contribution is -0.139. The largest absolute Gasteiger partial charge is 0.416 e. The van der Waals surface area contributed by atoms with Gasteiger partial charge in [-0.05, 0) is 67.6 Å². The Bertz CT molecular complexity index is 1130. The minimum Gasteiger partial charge on any atom is -0.334 e. The molecular formula is C24H26F4N2O3S2. The molecule has 0 spiro atoms. The Hall–Kier alpha value is -2.11. The Morgan fingerprint density at radius 2 is 1.60 bits per heavy atom. The monoisotopic (exact) mass is 530 g/mol. The third-order valence-electron chi connectivity index (χ3n) is 6.56. The van der Waals surface area contributed by atoms with E-state index in [9.17, 15) is 30.8 Å². The lowest BCUT2D eigenvalue weighted by Gasteiger charge is -2.39. The highest BCUT2D eigenvalue weighted by atomic mass is 32.2. The number of hydrogen-bond acceptors (Lipinski definition) is 4. The van der Waals surface area contributed by atoms with E-state index in [1.165, 1.54) is 12.1 Å². The second-order valence-corrected chi connectivity index (χ2v) is 11.7. The first-order chi connectivity index (χ1) is 16.5. The van der Waals surface area contributed by atoms with Crippen molar-refractivity contribution in [1.29, 1.82) is 0 Å². The average Bonchev–Trinajstić information content (AvgIpc) is 2.84. The molecule has 1 saturated heterocycles. The molecule has 190 valence electrons. The highest BCUT2D eigenvalue weighted by molar-refractivity contribution is 7.99. The van der Waals surface area contributed by atoms with Gasteiger partial charge < -0.3 is 4.90 Å². The van der Waals surface area contributed by atoms with Gasteiger partial charge in [-0.25, -0.2) is 17.5 Å². The molecule has 1 atom stereocenters.